The summed E-state index contributed by atoms with van der Waals surface area (Å²) < 4.78 is 30.6. The van der Waals surface area contributed by atoms with E-state index in [0.29, 0.717) is 5.56 Å². The maximum absolute atomic E-state index is 12.3. The summed E-state index contributed by atoms with van der Waals surface area (Å²) in [5, 5.41) is 11.7. The zero-order valence-corrected chi connectivity index (χ0v) is 15.9. The van der Waals surface area contributed by atoms with Gasteiger partial charge in [0, 0.05) is 19.8 Å². The summed E-state index contributed by atoms with van der Waals surface area (Å²) in [7, 11) is -0.816. The van der Waals surface area contributed by atoms with Crippen molar-refractivity contribution >= 4 is 27.6 Å². The second kappa shape index (κ2) is 8.19. The van der Waals surface area contributed by atoms with Gasteiger partial charge in [-0.25, -0.2) is 17.5 Å². The van der Waals surface area contributed by atoms with Gasteiger partial charge >= 0.3 is 5.97 Å². The molecule has 27 heavy (non-hydrogen) atoms. The molecule has 2 aromatic carbocycles. The van der Waals surface area contributed by atoms with E-state index >= 15 is 0 Å². The molecular weight excluding hydrogens is 372 g/mol. The Kier molecular flexibility index (Phi) is 6.19. The van der Waals surface area contributed by atoms with Crippen LogP contribution in [0, 0.1) is 6.92 Å². The summed E-state index contributed by atoms with van der Waals surface area (Å²) in [6.45, 7) is 1.12. The lowest BCUT2D eigenvalue weighted by molar-refractivity contribution is -0.119. The minimum Gasteiger partial charge on any atom is -0.508 e. The molecule has 0 saturated heterocycles. The predicted octanol–water partition coefficient (Wildman–Crippen LogP) is 1.75. The van der Waals surface area contributed by atoms with Crippen LogP contribution in [-0.4, -0.2) is 50.4 Å². The van der Waals surface area contributed by atoms with Crippen LogP contribution in [0.25, 0.3) is 0 Å². The molecule has 9 heteroatoms. The van der Waals surface area contributed by atoms with Crippen LogP contribution in [0.4, 0.5) is 5.69 Å². The molecule has 0 heterocycles. The number of aryl methyl sites for hydroxylation is 1. The molecular formula is C18H20N2O6S. The maximum atomic E-state index is 12.3. The van der Waals surface area contributed by atoms with Crippen molar-refractivity contribution in [3.05, 3.63) is 53.6 Å². The normalized spacial score (nSPS) is 11.3. The molecule has 0 atom stereocenters. The average molecular weight is 392 g/mol. The van der Waals surface area contributed by atoms with Gasteiger partial charge in [-0.05, 0) is 48.9 Å². The molecule has 0 aromatic heterocycles. The molecule has 0 bridgehead atoms. The third kappa shape index (κ3) is 5.05. The van der Waals surface area contributed by atoms with Crippen LogP contribution < -0.4 is 5.32 Å². The molecule has 0 aliphatic heterocycles. The molecule has 2 N–H and O–H groups in total. The average Bonchev–Trinajstić information content (AvgIpc) is 2.61. The highest BCUT2D eigenvalue weighted by Crippen LogP contribution is 2.22. The van der Waals surface area contributed by atoms with E-state index in [1.807, 2.05) is 0 Å². The van der Waals surface area contributed by atoms with Crippen LogP contribution in [-0.2, 0) is 19.6 Å². The molecule has 2 rings (SSSR count). The number of phenols is 1. The Morgan fingerprint density at radius 3 is 2.33 bits per heavy atom. The lowest BCUT2D eigenvalue weighted by atomic mass is 10.2. The summed E-state index contributed by atoms with van der Waals surface area (Å²) in [5.41, 5.74) is 1.00. The molecule has 0 aliphatic carbocycles. The number of anilines is 1. The van der Waals surface area contributed by atoms with E-state index in [1.165, 1.54) is 44.4 Å². The summed E-state index contributed by atoms with van der Waals surface area (Å²) in [6, 6.07) is 9.88. The summed E-state index contributed by atoms with van der Waals surface area (Å²) in [5.74, 6) is -1.32. The molecule has 144 valence electrons. The van der Waals surface area contributed by atoms with Gasteiger partial charge in [-0.15, -0.1) is 0 Å². The first kappa shape index (κ1) is 20.4. The first-order valence-corrected chi connectivity index (χ1v) is 9.34. The standard InChI is InChI=1S/C18H20N2O6S/c1-12-4-7-14(10-16(12)27(24,25)20(2)3)19-17(22)11-26-18(23)13-5-8-15(21)9-6-13/h4-10,21H,11H2,1-3H3,(H,19,22). The van der Waals surface area contributed by atoms with Gasteiger partial charge in [-0.1, -0.05) is 6.07 Å². The number of nitrogens with zero attached hydrogens (tertiary/aromatic N) is 1. The highest BCUT2D eigenvalue weighted by Gasteiger charge is 2.20. The van der Waals surface area contributed by atoms with Gasteiger partial charge in [0.25, 0.3) is 5.91 Å². The van der Waals surface area contributed by atoms with Crippen molar-refractivity contribution < 1.29 is 27.9 Å². The van der Waals surface area contributed by atoms with E-state index in [1.54, 1.807) is 19.1 Å². The van der Waals surface area contributed by atoms with Gasteiger partial charge in [-0.2, -0.15) is 0 Å². The molecule has 0 unspecified atom stereocenters. The number of carbonyl (C=O) groups is 2. The number of amides is 1. The summed E-state index contributed by atoms with van der Waals surface area (Å²) in [6.07, 6.45) is 0. The fourth-order valence-corrected chi connectivity index (χ4v) is 3.31. The molecule has 1 amide bonds. The number of rotatable bonds is 6. The van der Waals surface area contributed by atoms with Crippen LogP contribution >= 0.6 is 0 Å². The number of aromatic hydroxyl groups is 1. The monoisotopic (exact) mass is 392 g/mol. The van der Waals surface area contributed by atoms with Crippen molar-refractivity contribution in [3.63, 3.8) is 0 Å². The van der Waals surface area contributed by atoms with Crippen LogP contribution in [0.2, 0.25) is 0 Å². The number of carbonyl (C=O) groups excluding carboxylic acids is 2. The second-order valence-corrected chi connectivity index (χ2v) is 8.06. The number of sulfonamides is 1. The topological polar surface area (TPSA) is 113 Å². The molecule has 0 aliphatic rings. The molecule has 0 fully saturated rings. The number of nitrogens with one attached hydrogen (secondary N) is 1. The largest absolute Gasteiger partial charge is 0.508 e. The lowest BCUT2D eigenvalue weighted by Gasteiger charge is -2.15. The Labute approximate surface area is 157 Å². The lowest BCUT2D eigenvalue weighted by Crippen LogP contribution is -2.24. The van der Waals surface area contributed by atoms with Crippen molar-refractivity contribution in [1.29, 1.82) is 0 Å². The SMILES string of the molecule is Cc1ccc(NC(=O)COC(=O)c2ccc(O)cc2)cc1S(=O)(=O)N(C)C. The third-order valence-electron chi connectivity index (χ3n) is 3.67. The maximum Gasteiger partial charge on any atom is 0.338 e. The first-order chi connectivity index (χ1) is 12.6. The predicted molar refractivity (Wildman–Crippen MR) is 99.1 cm³/mol. The minimum atomic E-state index is -3.65. The number of phenolic OH excluding ortho intramolecular Hbond substituents is 1. The van der Waals surface area contributed by atoms with Crippen LogP contribution in [0.15, 0.2) is 47.4 Å². The second-order valence-electron chi connectivity index (χ2n) is 5.94. The minimum absolute atomic E-state index is 0.00662. The fraction of sp³-hybridized carbons (Fsp3) is 0.222. The van der Waals surface area contributed by atoms with Gasteiger partial charge in [0.2, 0.25) is 10.0 Å². The van der Waals surface area contributed by atoms with Crippen LogP contribution in [0.3, 0.4) is 0 Å². The highest BCUT2D eigenvalue weighted by molar-refractivity contribution is 7.89. The van der Waals surface area contributed by atoms with E-state index in [0.717, 1.165) is 4.31 Å². The van der Waals surface area contributed by atoms with Gasteiger partial charge in [0.05, 0.1) is 10.5 Å². The third-order valence-corrected chi connectivity index (χ3v) is 5.62. The van der Waals surface area contributed by atoms with Gasteiger partial charge in [-0.3, -0.25) is 4.79 Å². The smallest absolute Gasteiger partial charge is 0.338 e. The Hall–Kier alpha value is -2.91. The Morgan fingerprint density at radius 1 is 1.11 bits per heavy atom. The highest BCUT2D eigenvalue weighted by atomic mass is 32.2. The first-order valence-electron chi connectivity index (χ1n) is 7.90. The summed E-state index contributed by atoms with van der Waals surface area (Å²) >= 11 is 0. The number of hydrogen-bond acceptors (Lipinski definition) is 6. The Morgan fingerprint density at radius 2 is 1.74 bits per heavy atom. The van der Waals surface area contributed by atoms with Gasteiger partial charge in [0.15, 0.2) is 6.61 Å². The van der Waals surface area contributed by atoms with Gasteiger partial charge < -0.3 is 15.2 Å². The van der Waals surface area contributed by atoms with Gasteiger partial charge in [0.1, 0.15) is 5.75 Å². The van der Waals surface area contributed by atoms with E-state index in [2.05, 4.69) is 5.32 Å². The zero-order valence-electron chi connectivity index (χ0n) is 15.1. The van der Waals surface area contributed by atoms with E-state index < -0.39 is 28.5 Å². The number of hydrogen-bond donors (Lipinski definition) is 2. The fourth-order valence-electron chi connectivity index (χ4n) is 2.16. The van der Waals surface area contributed by atoms with Crippen molar-refractivity contribution in [1.82, 2.24) is 4.31 Å². The van der Waals surface area contributed by atoms with Crippen molar-refractivity contribution in [2.75, 3.05) is 26.0 Å². The van der Waals surface area contributed by atoms with Crippen molar-refractivity contribution in [2.45, 2.75) is 11.8 Å². The Balaban J connectivity index is 2.04. The number of benzene rings is 2. The number of ether oxygens (including phenoxy) is 1. The molecule has 0 spiro atoms. The molecule has 0 radical (unpaired) electrons. The molecule has 0 saturated carbocycles. The van der Waals surface area contributed by atoms with Crippen molar-refractivity contribution in [2.24, 2.45) is 0 Å². The Bertz CT molecular complexity index is 952. The van der Waals surface area contributed by atoms with E-state index in [9.17, 15) is 23.1 Å². The molecule has 8 nitrogen and oxygen atoms in total. The van der Waals surface area contributed by atoms with E-state index in [-0.39, 0.29) is 21.9 Å². The van der Waals surface area contributed by atoms with E-state index in [4.69, 9.17) is 4.74 Å². The molecule has 2 aromatic rings. The van der Waals surface area contributed by atoms with Crippen LogP contribution in [0.5, 0.6) is 5.75 Å². The quantitative estimate of drug-likeness (QED) is 0.724. The number of esters is 1. The summed E-state index contributed by atoms with van der Waals surface area (Å²) in [4.78, 5) is 23.9. The zero-order chi connectivity index (χ0) is 20.2. The van der Waals surface area contributed by atoms with Crippen molar-refractivity contribution in [3.8, 4) is 5.75 Å². The van der Waals surface area contributed by atoms with Crippen LogP contribution in [0.1, 0.15) is 15.9 Å².